The molecule has 0 saturated heterocycles. The van der Waals surface area contributed by atoms with Crippen LogP contribution in [0.2, 0.25) is 10.0 Å². The fourth-order valence-electron chi connectivity index (χ4n) is 5.04. The summed E-state index contributed by atoms with van der Waals surface area (Å²) in [5.41, 5.74) is 3.81. The minimum atomic E-state index is -0.471. The first kappa shape index (κ1) is 26.0. The summed E-state index contributed by atoms with van der Waals surface area (Å²) in [5.74, 6) is 1.55. The molecule has 1 N–H and O–H groups in total. The smallest absolute Gasteiger partial charge is 0.416 e. The number of aromatic nitrogens is 4. The summed E-state index contributed by atoms with van der Waals surface area (Å²) in [4.78, 5) is 22.8. The number of aromatic amines is 1. The molecule has 5 aromatic rings. The second-order valence-electron chi connectivity index (χ2n) is 9.29. The lowest BCUT2D eigenvalue weighted by molar-refractivity contribution is 0.135. The number of H-pyrrole nitrogens is 1. The number of carbonyl (C=O) groups excluding carboxylic acids is 1. The van der Waals surface area contributed by atoms with Gasteiger partial charge in [-0.05, 0) is 72.1 Å². The first-order valence-corrected chi connectivity index (χ1v) is 13.4. The van der Waals surface area contributed by atoms with Crippen LogP contribution in [0.15, 0.2) is 73.3 Å². The largest absolute Gasteiger partial charge is 0.493 e. The van der Waals surface area contributed by atoms with E-state index in [0.717, 1.165) is 27.7 Å². The predicted molar refractivity (Wildman–Crippen MR) is 152 cm³/mol. The van der Waals surface area contributed by atoms with Crippen molar-refractivity contribution >= 4 is 40.2 Å². The lowest BCUT2D eigenvalue weighted by Crippen LogP contribution is -2.42. The lowest BCUT2D eigenvalue weighted by Gasteiger charge is -2.35. The Kier molecular flexibility index (Phi) is 7.23. The van der Waals surface area contributed by atoms with Crippen molar-refractivity contribution in [2.45, 2.75) is 19.0 Å². The Morgan fingerprint density at radius 3 is 2.65 bits per heavy atom. The van der Waals surface area contributed by atoms with E-state index in [9.17, 15) is 4.79 Å². The molecule has 40 heavy (non-hydrogen) atoms. The molecule has 1 atom stereocenters. The van der Waals surface area contributed by atoms with Gasteiger partial charge in [-0.2, -0.15) is 5.10 Å². The number of hydrogen-bond acceptors (Lipinski definition) is 6. The molecule has 1 amide bonds. The summed E-state index contributed by atoms with van der Waals surface area (Å²) >= 11 is 12.3. The van der Waals surface area contributed by atoms with Crippen LogP contribution < -0.4 is 14.2 Å². The van der Waals surface area contributed by atoms with Gasteiger partial charge in [-0.1, -0.05) is 29.3 Å². The van der Waals surface area contributed by atoms with Crippen LogP contribution >= 0.6 is 23.2 Å². The highest BCUT2D eigenvalue weighted by molar-refractivity contribution is 6.31. The maximum absolute atomic E-state index is 13.6. The molecule has 11 heteroatoms. The number of nitrogens with zero attached hydrogens (tertiary/aromatic N) is 4. The van der Waals surface area contributed by atoms with Crippen LogP contribution in [0.4, 0.5) is 4.79 Å². The zero-order chi connectivity index (χ0) is 27.6. The van der Waals surface area contributed by atoms with Crippen molar-refractivity contribution in [1.82, 2.24) is 24.6 Å². The molecule has 6 rings (SSSR count). The third-order valence-corrected chi connectivity index (χ3v) is 7.38. The van der Waals surface area contributed by atoms with E-state index in [1.807, 2.05) is 36.4 Å². The molecule has 0 spiro atoms. The number of rotatable bonds is 7. The van der Waals surface area contributed by atoms with Crippen LogP contribution in [0.1, 0.15) is 22.9 Å². The summed E-state index contributed by atoms with van der Waals surface area (Å²) in [6.45, 7) is 1.37. The predicted octanol–water partition coefficient (Wildman–Crippen LogP) is 6.30. The van der Waals surface area contributed by atoms with Crippen molar-refractivity contribution in [3.05, 3.63) is 100 Å². The molecule has 1 aliphatic heterocycles. The van der Waals surface area contributed by atoms with Crippen molar-refractivity contribution in [2.75, 3.05) is 20.3 Å². The van der Waals surface area contributed by atoms with E-state index >= 15 is 0 Å². The number of hydrogen-bond donors (Lipinski definition) is 1. The van der Waals surface area contributed by atoms with E-state index in [1.165, 1.54) is 6.33 Å². The second kappa shape index (κ2) is 11.1. The van der Waals surface area contributed by atoms with Gasteiger partial charge in [-0.25, -0.2) is 14.5 Å². The van der Waals surface area contributed by atoms with Crippen molar-refractivity contribution in [3.8, 4) is 17.2 Å². The van der Waals surface area contributed by atoms with E-state index in [1.54, 1.807) is 47.3 Å². The fraction of sp³-hybridized carbons (Fsp3) is 0.207. The van der Waals surface area contributed by atoms with Crippen LogP contribution in [0.3, 0.4) is 0 Å². The molecular formula is C29H25Cl2N5O4. The van der Waals surface area contributed by atoms with Gasteiger partial charge < -0.3 is 19.2 Å². The Balaban J connectivity index is 1.35. The zero-order valence-electron chi connectivity index (χ0n) is 21.5. The van der Waals surface area contributed by atoms with Crippen molar-refractivity contribution in [3.63, 3.8) is 0 Å². The minimum absolute atomic E-state index is 0.384. The molecule has 1 aliphatic rings. The van der Waals surface area contributed by atoms with Crippen molar-refractivity contribution < 1.29 is 19.0 Å². The molecule has 1 unspecified atom stereocenters. The Labute approximate surface area is 240 Å². The summed E-state index contributed by atoms with van der Waals surface area (Å²) in [5, 5.41) is 6.36. The molecule has 204 valence electrons. The van der Waals surface area contributed by atoms with Crippen molar-refractivity contribution in [2.24, 2.45) is 0 Å². The SMILES string of the molecule is COc1cc(C2c3[nH]c4ccc(Cl)cc4c3CCN2C(=O)Oc2ccc(Cl)cc2)ccc1OCCn1cncn1. The van der Waals surface area contributed by atoms with E-state index < -0.39 is 12.1 Å². The standard InChI is InChI=1S/C29H25Cl2N5O4/c1-38-26-14-18(2-9-25(26)39-13-12-35-17-32-16-33-35)28-27-22(23-15-20(31)5-8-24(23)34-27)10-11-36(28)29(37)40-21-6-3-19(30)4-7-21/h2-9,14-17,28,34H,10-13H2,1H3. The highest BCUT2D eigenvalue weighted by Crippen LogP contribution is 2.41. The molecule has 0 fully saturated rings. The number of ether oxygens (including phenoxy) is 3. The minimum Gasteiger partial charge on any atom is -0.493 e. The summed E-state index contributed by atoms with van der Waals surface area (Å²) < 4.78 is 19.1. The molecule has 3 aromatic carbocycles. The molecule has 0 aliphatic carbocycles. The Morgan fingerprint density at radius 2 is 1.88 bits per heavy atom. The van der Waals surface area contributed by atoms with Crippen LogP contribution in [0.25, 0.3) is 10.9 Å². The number of methoxy groups -OCH3 is 1. The van der Waals surface area contributed by atoms with E-state index in [4.69, 9.17) is 37.4 Å². The zero-order valence-corrected chi connectivity index (χ0v) is 23.0. The number of carbonyl (C=O) groups is 1. The van der Waals surface area contributed by atoms with Gasteiger partial charge >= 0.3 is 6.09 Å². The normalized spacial score (nSPS) is 14.7. The van der Waals surface area contributed by atoms with Crippen molar-refractivity contribution in [1.29, 1.82) is 0 Å². The molecule has 0 saturated carbocycles. The first-order valence-electron chi connectivity index (χ1n) is 12.7. The molecule has 0 radical (unpaired) electrons. The van der Waals surface area contributed by atoms with Gasteiger partial charge in [0.2, 0.25) is 0 Å². The van der Waals surface area contributed by atoms with Gasteiger partial charge in [0.05, 0.1) is 13.7 Å². The second-order valence-corrected chi connectivity index (χ2v) is 10.2. The van der Waals surface area contributed by atoms with E-state index in [-0.39, 0.29) is 0 Å². The van der Waals surface area contributed by atoms with Gasteiger partial charge in [-0.15, -0.1) is 0 Å². The third kappa shape index (κ3) is 5.17. The summed E-state index contributed by atoms with van der Waals surface area (Å²) in [7, 11) is 1.59. The highest BCUT2D eigenvalue weighted by atomic mass is 35.5. The number of nitrogens with one attached hydrogen (secondary N) is 1. The molecule has 0 bridgehead atoms. The quantitative estimate of drug-likeness (QED) is 0.244. The number of amides is 1. The third-order valence-electron chi connectivity index (χ3n) is 6.89. The highest BCUT2D eigenvalue weighted by Gasteiger charge is 2.36. The van der Waals surface area contributed by atoms with Gasteiger partial charge in [0, 0.05) is 33.2 Å². The molecular weight excluding hydrogens is 553 g/mol. The van der Waals surface area contributed by atoms with Gasteiger partial charge in [0.15, 0.2) is 11.5 Å². The maximum Gasteiger partial charge on any atom is 0.416 e. The fourth-order valence-corrected chi connectivity index (χ4v) is 5.33. The van der Waals surface area contributed by atoms with Crippen LogP contribution in [-0.2, 0) is 13.0 Å². The molecule has 2 aromatic heterocycles. The summed E-state index contributed by atoms with van der Waals surface area (Å²) in [6.07, 6.45) is 3.29. The lowest BCUT2D eigenvalue weighted by atomic mass is 9.92. The van der Waals surface area contributed by atoms with E-state index in [2.05, 4.69) is 15.1 Å². The number of benzene rings is 3. The monoisotopic (exact) mass is 577 g/mol. The first-order chi connectivity index (χ1) is 19.5. The maximum atomic E-state index is 13.6. The van der Waals surface area contributed by atoms with Crippen LogP contribution in [0.5, 0.6) is 17.2 Å². The van der Waals surface area contributed by atoms with Gasteiger partial charge in [0.1, 0.15) is 31.1 Å². The van der Waals surface area contributed by atoms with Crippen LogP contribution in [0, 0.1) is 0 Å². The average molecular weight is 578 g/mol. The average Bonchev–Trinajstić information content (AvgIpc) is 3.61. The van der Waals surface area contributed by atoms with Gasteiger partial charge in [-0.3, -0.25) is 4.90 Å². The van der Waals surface area contributed by atoms with Gasteiger partial charge in [0.25, 0.3) is 0 Å². The van der Waals surface area contributed by atoms with Crippen LogP contribution in [-0.4, -0.2) is 51.0 Å². The summed E-state index contributed by atoms with van der Waals surface area (Å²) in [6, 6.07) is 17.7. The topological polar surface area (TPSA) is 94.5 Å². The number of fused-ring (bicyclic) bond motifs is 3. The Bertz CT molecular complexity index is 1650. The Hall–Kier alpha value is -4.21. The van der Waals surface area contributed by atoms with E-state index in [0.29, 0.717) is 53.4 Å². The molecule has 3 heterocycles. The Morgan fingerprint density at radius 1 is 1.05 bits per heavy atom. The molecule has 9 nitrogen and oxygen atoms in total. The number of halogens is 2.